The first kappa shape index (κ1) is 15.4. The van der Waals surface area contributed by atoms with Gasteiger partial charge in [0.25, 0.3) is 11.5 Å². The number of carbonyl (C=O) groups excluding carboxylic acids is 1. The van der Waals surface area contributed by atoms with Gasteiger partial charge in [0.05, 0.1) is 5.39 Å². The third-order valence-corrected chi connectivity index (χ3v) is 4.26. The Hall–Kier alpha value is -2.48. The molecule has 0 radical (unpaired) electrons. The largest absolute Gasteiger partial charge is 0.349 e. The predicted octanol–water partition coefficient (Wildman–Crippen LogP) is -0.901. The maximum atomic E-state index is 12.2. The van der Waals surface area contributed by atoms with Crippen molar-refractivity contribution in [2.75, 3.05) is 6.54 Å². The summed E-state index contributed by atoms with van der Waals surface area (Å²) in [5.41, 5.74) is 5.38. The van der Waals surface area contributed by atoms with Gasteiger partial charge in [0.15, 0.2) is 0 Å². The fourth-order valence-corrected chi connectivity index (χ4v) is 2.57. The Morgan fingerprint density at radius 1 is 1.35 bits per heavy atom. The van der Waals surface area contributed by atoms with Gasteiger partial charge in [-0.1, -0.05) is 0 Å². The van der Waals surface area contributed by atoms with E-state index in [-0.39, 0.29) is 23.3 Å². The number of rotatable bonds is 4. The summed E-state index contributed by atoms with van der Waals surface area (Å²) in [5.74, 6) is 0.125. The van der Waals surface area contributed by atoms with E-state index in [1.807, 2.05) is 0 Å². The lowest BCUT2D eigenvalue weighted by molar-refractivity contribution is 0.0945. The number of nitrogens with one attached hydrogen (secondary N) is 1. The molecule has 2 heterocycles. The highest BCUT2D eigenvalue weighted by Gasteiger charge is 2.28. The Kier molecular flexibility index (Phi) is 3.77. The zero-order valence-electron chi connectivity index (χ0n) is 13.1. The summed E-state index contributed by atoms with van der Waals surface area (Å²) in [6.45, 7) is 0.388. The SMILES string of the molecule is Cn1c(=O)c2ccc(C(=O)NCC(N)C3CC3)nc2n(C)c1=O. The molecule has 8 heteroatoms. The van der Waals surface area contributed by atoms with Gasteiger partial charge in [-0.2, -0.15) is 0 Å². The van der Waals surface area contributed by atoms with Crippen molar-refractivity contribution >= 4 is 16.9 Å². The van der Waals surface area contributed by atoms with E-state index in [1.54, 1.807) is 0 Å². The highest BCUT2D eigenvalue weighted by Crippen LogP contribution is 2.31. The molecule has 1 atom stereocenters. The van der Waals surface area contributed by atoms with Crippen LogP contribution in [-0.4, -0.2) is 32.6 Å². The van der Waals surface area contributed by atoms with Gasteiger partial charge in [-0.25, -0.2) is 9.78 Å². The van der Waals surface area contributed by atoms with E-state index in [0.717, 1.165) is 17.4 Å². The number of pyridine rings is 1. The molecule has 1 aliphatic carbocycles. The minimum atomic E-state index is -0.483. The third-order valence-electron chi connectivity index (χ3n) is 4.26. The van der Waals surface area contributed by atoms with Crippen molar-refractivity contribution < 1.29 is 4.79 Å². The maximum Gasteiger partial charge on any atom is 0.332 e. The van der Waals surface area contributed by atoms with Crippen LogP contribution in [0.4, 0.5) is 0 Å². The van der Waals surface area contributed by atoms with Crippen LogP contribution in [0.2, 0.25) is 0 Å². The molecule has 8 nitrogen and oxygen atoms in total. The maximum absolute atomic E-state index is 12.2. The molecule has 3 rings (SSSR count). The van der Waals surface area contributed by atoms with Gasteiger partial charge in [0, 0.05) is 26.7 Å². The molecule has 0 saturated heterocycles. The molecule has 0 spiro atoms. The average molecular weight is 317 g/mol. The summed E-state index contributed by atoms with van der Waals surface area (Å²) in [6, 6.07) is 2.95. The number of aromatic nitrogens is 3. The standard InChI is InChI=1S/C15H19N5O3/c1-19-12-9(14(22)20(2)15(19)23)5-6-11(18-12)13(21)17-7-10(16)8-3-4-8/h5-6,8,10H,3-4,7,16H2,1-2H3,(H,17,21). The molecule has 23 heavy (non-hydrogen) atoms. The lowest BCUT2D eigenvalue weighted by Gasteiger charge is -2.12. The van der Waals surface area contributed by atoms with E-state index in [1.165, 1.54) is 30.8 Å². The van der Waals surface area contributed by atoms with Gasteiger partial charge in [-0.05, 0) is 30.9 Å². The van der Waals surface area contributed by atoms with Gasteiger partial charge in [0.1, 0.15) is 11.3 Å². The van der Waals surface area contributed by atoms with E-state index in [0.29, 0.717) is 17.8 Å². The molecule has 1 amide bonds. The summed E-state index contributed by atoms with van der Waals surface area (Å²) < 4.78 is 2.27. The normalized spacial score (nSPS) is 15.6. The van der Waals surface area contributed by atoms with Crippen molar-refractivity contribution in [3.8, 4) is 0 Å². The zero-order valence-corrected chi connectivity index (χ0v) is 13.1. The number of aryl methyl sites for hydroxylation is 1. The van der Waals surface area contributed by atoms with Gasteiger partial charge in [-0.15, -0.1) is 0 Å². The molecular weight excluding hydrogens is 298 g/mol. The molecule has 0 aromatic carbocycles. The molecule has 1 aliphatic rings. The van der Waals surface area contributed by atoms with Crippen LogP contribution < -0.4 is 22.3 Å². The van der Waals surface area contributed by atoms with Gasteiger partial charge in [-0.3, -0.25) is 18.7 Å². The van der Waals surface area contributed by atoms with E-state index >= 15 is 0 Å². The topological polar surface area (TPSA) is 112 Å². The molecular formula is C15H19N5O3. The van der Waals surface area contributed by atoms with Crippen LogP contribution in [0.5, 0.6) is 0 Å². The van der Waals surface area contributed by atoms with Crippen LogP contribution in [0.25, 0.3) is 11.0 Å². The number of nitrogens with two attached hydrogens (primary N) is 1. The van der Waals surface area contributed by atoms with Crippen molar-refractivity contribution in [3.63, 3.8) is 0 Å². The van der Waals surface area contributed by atoms with Crippen molar-refractivity contribution in [2.24, 2.45) is 25.7 Å². The second-order valence-electron chi connectivity index (χ2n) is 5.98. The zero-order chi connectivity index (χ0) is 16.7. The number of carbonyl (C=O) groups is 1. The van der Waals surface area contributed by atoms with Crippen molar-refractivity contribution in [1.29, 1.82) is 0 Å². The monoisotopic (exact) mass is 317 g/mol. The van der Waals surface area contributed by atoms with E-state index in [4.69, 9.17) is 5.73 Å². The second kappa shape index (κ2) is 5.62. The van der Waals surface area contributed by atoms with Crippen LogP contribution in [-0.2, 0) is 14.1 Å². The van der Waals surface area contributed by atoms with E-state index < -0.39 is 11.2 Å². The fraction of sp³-hybridized carbons (Fsp3) is 0.467. The number of nitrogens with zero attached hydrogens (tertiary/aromatic N) is 3. The summed E-state index contributed by atoms with van der Waals surface area (Å²) in [4.78, 5) is 40.4. The summed E-state index contributed by atoms with van der Waals surface area (Å²) in [7, 11) is 2.92. The molecule has 2 aromatic heterocycles. The Morgan fingerprint density at radius 3 is 2.70 bits per heavy atom. The highest BCUT2D eigenvalue weighted by molar-refractivity contribution is 5.94. The predicted molar refractivity (Wildman–Crippen MR) is 85.3 cm³/mol. The lowest BCUT2D eigenvalue weighted by Crippen LogP contribution is -2.39. The lowest BCUT2D eigenvalue weighted by atomic mass is 10.2. The Balaban J connectivity index is 1.91. The van der Waals surface area contributed by atoms with Crippen LogP contribution in [0.15, 0.2) is 21.7 Å². The number of amides is 1. The van der Waals surface area contributed by atoms with Crippen LogP contribution in [0.3, 0.4) is 0 Å². The third kappa shape index (κ3) is 2.77. The van der Waals surface area contributed by atoms with Gasteiger partial charge >= 0.3 is 5.69 Å². The fourth-order valence-electron chi connectivity index (χ4n) is 2.57. The molecule has 1 fully saturated rings. The molecule has 1 unspecified atom stereocenters. The summed E-state index contributed by atoms with van der Waals surface area (Å²) in [6.07, 6.45) is 2.22. The van der Waals surface area contributed by atoms with Crippen LogP contribution >= 0.6 is 0 Å². The number of hydrogen-bond donors (Lipinski definition) is 2. The van der Waals surface area contributed by atoms with Gasteiger partial charge < -0.3 is 11.1 Å². The first-order chi connectivity index (χ1) is 10.9. The highest BCUT2D eigenvalue weighted by atomic mass is 16.2. The molecule has 122 valence electrons. The molecule has 1 saturated carbocycles. The van der Waals surface area contributed by atoms with Crippen LogP contribution in [0.1, 0.15) is 23.3 Å². The Morgan fingerprint density at radius 2 is 2.04 bits per heavy atom. The van der Waals surface area contributed by atoms with E-state index in [2.05, 4.69) is 10.3 Å². The Labute approximate surface area is 131 Å². The summed E-state index contributed by atoms with van der Waals surface area (Å²) in [5, 5.41) is 3.04. The summed E-state index contributed by atoms with van der Waals surface area (Å²) >= 11 is 0. The first-order valence-electron chi connectivity index (χ1n) is 7.50. The Bertz CT molecular complexity index is 894. The van der Waals surface area contributed by atoms with Gasteiger partial charge in [0.2, 0.25) is 0 Å². The molecule has 0 bridgehead atoms. The number of fused-ring (bicyclic) bond motifs is 1. The first-order valence-corrected chi connectivity index (χ1v) is 7.50. The molecule has 3 N–H and O–H groups in total. The number of hydrogen-bond acceptors (Lipinski definition) is 5. The molecule has 0 aliphatic heterocycles. The van der Waals surface area contributed by atoms with Crippen LogP contribution in [0, 0.1) is 5.92 Å². The minimum Gasteiger partial charge on any atom is -0.349 e. The average Bonchev–Trinajstić information content (AvgIpc) is 3.40. The smallest absolute Gasteiger partial charge is 0.332 e. The quantitative estimate of drug-likeness (QED) is 0.759. The van der Waals surface area contributed by atoms with Crippen molar-refractivity contribution in [2.45, 2.75) is 18.9 Å². The molecule has 2 aromatic rings. The second-order valence-corrected chi connectivity index (χ2v) is 5.98. The van der Waals surface area contributed by atoms with Crippen molar-refractivity contribution in [3.05, 3.63) is 38.7 Å². The van der Waals surface area contributed by atoms with E-state index in [9.17, 15) is 14.4 Å². The minimum absolute atomic E-state index is 0.0453. The van der Waals surface area contributed by atoms with Crippen molar-refractivity contribution in [1.82, 2.24) is 19.4 Å².